The third kappa shape index (κ3) is 3.47. The van der Waals surface area contributed by atoms with Crippen LogP contribution in [0.1, 0.15) is 11.7 Å². The first kappa shape index (κ1) is 15.2. The van der Waals surface area contributed by atoms with E-state index < -0.39 is 22.5 Å². The summed E-state index contributed by atoms with van der Waals surface area (Å²) in [5.41, 5.74) is 0.312. The van der Waals surface area contributed by atoms with Crippen LogP contribution in [0.2, 0.25) is 0 Å². The molecular formula is C13H13FN2O4S. The van der Waals surface area contributed by atoms with Gasteiger partial charge < -0.3 is 15.2 Å². The summed E-state index contributed by atoms with van der Waals surface area (Å²) >= 11 is 1.45. The predicted molar refractivity (Wildman–Crippen MR) is 77.4 cm³/mol. The van der Waals surface area contributed by atoms with E-state index in [1.807, 2.05) is 5.38 Å². The van der Waals surface area contributed by atoms with Gasteiger partial charge in [0.15, 0.2) is 11.6 Å². The van der Waals surface area contributed by atoms with Crippen LogP contribution in [-0.4, -0.2) is 23.7 Å². The summed E-state index contributed by atoms with van der Waals surface area (Å²) in [4.78, 5) is 10.0. The molecule has 21 heavy (non-hydrogen) atoms. The number of thiophene rings is 1. The lowest BCUT2D eigenvalue weighted by Gasteiger charge is -2.13. The molecule has 112 valence electrons. The van der Waals surface area contributed by atoms with Crippen LogP contribution in [0.4, 0.5) is 15.8 Å². The Morgan fingerprint density at radius 2 is 2.33 bits per heavy atom. The second kappa shape index (κ2) is 6.51. The van der Waals surface area contributed by atoms with Gasteiger partial charge in [-0.1, -0.05) is 0 Å². The Kier molecular flexibility index (Phi) is 4.71. The highest BCUT2D eigenvalue weighted by molar-refractivity contribution is 7.07. The molecule has 0 saturated heterocycles. The summed E-state index contributed by atoms with van der Waals surface area (Å²) in [6.07, 6.45) is -0.795. The van der Waals surface area contributed by atoms with Crippen LogP contribution in [0, 0.1) is 15.9 Å². The number of halogens is 1. The first-order valence-corrected chi connectivity index (χ1v) is 6.93. The van der Waals surface area contributed by atoms with Crippen molar-refractivity contribution < 1.29 is 19.2 Å². The molecule has 1 heterocycles. The van der Waals surface area contributed by atoms with Crippen LogP contribution in [0.3, 0.4) is 0 Å². The zero-order valence-corrected chi connectivity index (χ0v) is 11.9. The lowest BCUT2D eigenvalue weighted by atomic mass is 10.2. The number of nitrogens with zero attached hydrogens (tertiary/aromatic N) is 1. The van der Waals surface area contributed by atoms with Crippen LogP contribution in [-0.2, 0) is 0 Å². The lowest BCUT2D eigenvalue weighted by molar-refractivity contribution is -0.385. The first-order chi connectivity index (χ1) is 10.0. The topological polar surface area (TPSA) is 84.6 Å². The van der Waals surface area contributed by atoms with Gasteiger partial charge >= 0.3 is 5.69 Å². The minimum absolute atomic E-state index is 0.0340. The van der Waals surface area contributed by atoms with Crippen molar-refractivity contribution in [2.75, 3.05) is 19.0 Å². The number of nitro benzene ring substituents is 1. The Morgan fingerprint density at radius 1 is 1.57 bits per heavy atom. The van der Waals surface area contributed by atoms with E-state index >= 15 is 0 Å². The van der Waals surface area contributed by atoms with Crippen LogP contribution >= 0.6 is 11.3 Å². The molecule has 0 spiro atoms. The molecule has 0 amide bonds. The SMILES string of the molecule is COc1cc(NCC(O)c2ccsc2)c(F)cc1[N+](=O)[O-]. The zero-order valence-electron chi connectivity index (χ0n) is 11.1. The number of anilines is 1. The Balaban J connectivity index is 2.15. The average Bonchev–Trinajstić information content (AvgIpc) is 2.99. The molecule has 2 N–H and O–H groups in total. The minimum atomic E-state index is -0.795. The molecule has 6 nitrogen and oxygen atoms in total. The van der Waals surface area contributed by atoms with E-state index in [2.05, 4.69) is 5.32 Å². The number of benzene rings is 1. The van der Waals surface area contributed by atoms with Crippen molar-refractivity contribution in [1.82, 2.24) is 0 Å². The normalized spacial score (nSPS) is 12.0. The van der Waals surface area contributed by atoms with Crippen LogP contribution < -0.4 is 10.1 Å². The van der Waals surface area contributed by atoms with Crippen LogP contribution in [0.25, 0.3) is 0 Å². The highest BCUT2D eigenvalue weighted by Crippen LogP contribution is 2.32. The molecule has 1 aromatic heterocycles. The Bertz CT molecular complexity index is 633. The van der Waals surface area contributed by atoms with Crippen LogP contribution in [0.15, 0.2) is 29.0 Å². The van der Waals surface area contributed by atoms with Gasteiger partial charge in [0.2, 0.25) is 0 Å². The summed E-state index contributed by atoms with van der Waals surface area (Å²) in [6.45, 7) is 0.0780. The second-order valence-electron chi connectivity index (χ2n) is 4.21. The summed E-state index contributed by atoms with van der Waals surface area (Å²) in [7, 11) is 1.27. The molecule has 0 saturated carbocycles. The third-order valence-electron chi connectivity index (χ3n) is 2.88. The standard InChI is InChI=1S/C13H13FN2O4S/c1-20-13-5-10(9(14)4-11(13)16(18)19)15-6-12(17)8-2-3-21-7-8/h2-5,7,12,15,17H,6H2,1H3. The molecule has 1 atom stereocenters. The Labute approximate surface area is 123 Å². The maximum atomic E-state index is 13.8. The molecule has 8 heteroatoms. The number of rotatable bonds is 6. The number of nitrogens with one attached hydrogen (secondary N) is 1. The summed E-state index contributed by atoms with van der Waals surface area (Å²) in [6, 6.07) is 3.76. The van der Waals surface area contributed by atoms with E-state index in [4.69, 9.17) is 4.74 Å². The summed E-state index contributed by atoms with van der Waals surface area (Å²) in [5, 5.41) is 27.0. The van der Waals surface area contributed by atoms with E-state index in [0.717, 1.165) is 11.6 Å². The second-order valence-corrected chi connectivity index (χ2v) is 4.99. The molecule has 1 unspecified atom stereocenters. The minimum Gasteiger partial charge on any atom is -0.490 e. The molecule has 0 aliphatic heterocycles. The zero-order chi connectivity index (χ0) is 15.4. The van der Waals surface area contributed by atoms with Gasteiger partial charge in [-0.3, -0.25) is 10.1 Å². The van der Waals surface area contributed by atoms with E-state index in [1.54, 1.807) is 11.4 Å². The average molecular weight is 312 g/mol. The van der Waals surface area contributed by atoms with E-state index in [9.17, 15) is 19.6 Å². The number of ether oxygens (including phenoxy) is 1. The van der Waals surface area contributed by atoms with Gasteiger partial charge in [0.1, 0.15) is 0 Å². The van der Waals surface area contributed by atoms with E-state index in [-0.39, 0.29) is 18.0 Å². The van der Waals surface area contributed by atoms with E-state index in [0.29, 0.717) is 0 Å². The van der Waals surface area contributed by atoms with Gasteiger partial charge in [-0.2, -0.15) is 11.3 Å². The first-order valence-electron chi connectivity index (χ1n) is 5.99. The van der Waals surface area contributed by atoms with Gasteiger partial charge in [0, 0.05) is 12.6 Å². The van der Waals surface area contributed by atoms with Crippen LogP contribution in [0.5, 0.6) is 5.75 Å². The maximum absolute atomic E-state index is 13.8. The van der Waals surface area contributed by atoms with Gasteiger partial charge in [-0.05, 0) is 22.4 Å². The smallest absolute Gasteiger partial charge is 0.313 e. The quantitative estimate of drug-likeness (QED) is 0.633. The Morgan fingerprint density at radius 3 is 2.90 bits per heavy atom. The molecular weight excluding hydrogens is 299 g/mol. The molecule has 0 fully saturated rings. The number of methoxy groups -OCH3 is 1. The van der Waals surface area contributed by atoms with Crippen molar-refractivity contribution in [3.63, 3.8) is 0 Å². The van der Waals surface area contributed by atoms with Crippen molar-refractivity contribution in [2.24, 2.45) is 0 Å². The predicted octanol–water partition coefficient (Wildman–Crippen LogP) is 2.95. The number of nitro groups is 1. The summed E-state index contributed by atoms with van der Waals surface area (Å²) < 4.78 is 18.7. The molecule has 1 aromatic carbocycles. The van der Waals surface area contributed by atoms with Gasteiger partial charge in [0.05, 0.1) is 29.9 Å². The fourth-order valence-corrected chi connectivity index (χ4v) is 2.48. The highest BCUT2D eigenvalue weighted by atomic mass is 32.1. The molecule has 0 radical (unpaired) electrons. The van der Waals surface area contributed by atoms with Crippen molar-refractivity contribution in [1.29, 1.82) is 0 Å². The molecule has 0 aliphatic carbocycles. The number of aliphatic hydroxyl groups is 1. The molecule has 2 rings (SSSR count). The van der Waals surface area contributed by atoms with Gasteiger partial charge in [-0.25, -0.2) is 4.39 Å². The summed E-state index contributed by atoms with van der Waals surface area (Å²) in [5.74, 6) is -0.825. The number of hydrogen-bond acceptors (Lipinski definition) is 6. The fraction of sp³-hybridized carbons (Fsp3) is 0.231. The fourth-order valence-electron chi connectivity index (χ4n) is 1.77. The van der Waals surface area contributed by atoms with Gasteiger partial charge in [0.25, 0.3) is 0 Å². The molecule has 0 bridgehead atoms. The van der Waals surface area contributed by atoms with Crippen molar-refractivity contribution in [2.45, 2.75) is 6.10 Å². The maximum Gasteiger partial charge on any atom is 0.313 e. The van der Waals surface area contributed by atoms with Crippen molar-refractivity contribution >= 4 is 22.7 Å². The molecule has 0 aliphatic rings. The molecule has 2 aromatic rings. The number of hydrogen-bond donors (Lipinski definition) is 2. The largest absolute Gasteiger partial charge is 0.490 e. The monoisotopic (exact) mass is 312 g/mol. The van der Waals surface area contributed by atoms with E-state index in [1.165, 1.54) is 24.5 Å². The number of aliphatic hydroxyl groups excluding tert-OH is 1. The lowest BCUT2D eigenvalue weighted by Crippen LogP contribution is -2.12. The third-order valence-corrected chi connectivity index (χ3v) is 3.58. The van der Waals surface area contributed by atoms with Crippen molar-refractivity contribution in [3.05, 3.63) is 50.5 Å². The Hall–Kier alpha value is -2.19. The highest BCUT2D eigenvalue weighted by Gasteiger charge is 2.19. The van der Waals surface area contributed by atoms with Crippen molar-refractivity contribution in [3.8, 4) is 5.75 Å². The van der Waals surface area contributed by atoms with Gasteiger partial charge in [-0.15, -0.1) is 0 Å².